The van der Waals surface area contributed by atoms with E-state index >= 15 is 0 Å². The van der Waals surface area contributed by atoms with Gasteiger partial charge in [0.2, 0.25) is 11.4 Å². The number of H-pyrrole nitrogens is 1. The zero-order chi connectivity index (χ0) is 17.2. The van der Waals surface area contributed by atoms with Crippen LogP contribution < -0.4 is 5.56 Å². The molecule has 0 atom stereocenters. The number of fused-ring (bicyclic) bond motifs is 1. The number of halogens is 1. The number of thioether (sulfide) groups is 1. The highest BCUT2D eigenvalue weighted by Crippen LogP contribution is 2.27. The summed E-state index contributed by atoms with van der Waals surface area (Å²) >= 11 is 1.35. The first-order chi connectivity index (χ1) is 12.2. The Bertz CT molecular complexity index is 1090. The van der Waals surface area contributed by atoms with Gasteiger partial charge in [0.05, 0.1) is 0 Å². The third kappa shape index (κ3) is 3.32. The van der Waals surface area contributed by atoms with Crippen LogP contribution in [0.1, 0.15) is 5.56 Å². The Morgan fingerprint density at radius 3 is 2.72 bits per heavy atom. The van der Waals surface area contributed by atoms with Gasteiger partial charge in [0, 0.05) is 28.3 Å². The first kappa shape index (κ1) is 15.6. The number of pyridine rings is 1. The zero-order valence-corrected chi connectivity index (χ0v) is 13.7. The largest absolute Gasteiger partial charge is 0.411 e. The minimum absolute atomic E-state index is 0.146. The summed E-state index contributed by atoms with van der Waals surface area (Å²) in [4.78, 5) is 14.6. The number of para-hydroxylation sites is 1. The van der Waals surface area contributed by atoms with Crippen LogP contribution in [0.4, 0.5) is 4.39 Å². The molecule has 0 amide bonds. The Balaban J connectivity index is 1.56. The van der Waals surface area contributed by atoms with Crippen LogP contribution in [0.3, 0.4) is 0 Å². The molecule has 4 rings (SSSR count). The Morgan fingerprint density at radius 2 is 1.88 bits per heavy atom. The Labute approximate surface area is 145 Å². The summed E-state index contributed by atoms with van der Waals surface area (Å²) in [6, 6.07) is 15.1. The first-order valence-corrected chi connectivity index (χ1v) is 8.51. The van der Waals surface area contributed by atoms with Crippen molar-refractivity contribution < 1.29 is 8.81 Å². The smallest absolute Gasteiger partial charge is 0.277 e. The van der Waals surface area contributed by atoms with Gasteiger partial charge in [0.15, 0.2) is 0 Å². The van der Waals surface area contributed by atoms with E-state index in [1.54, 1.807) is 18.2 Å². The molecule has 2 heterocycles. The average Bonchev–Trinajstić information content (AvgIpc) is 3.09. The van der Waals surface area contributed by atoms with Gasteiger partial charge in [-0.25, -0.2) is 4.39 Å². The molecule has 0 unspecified atom stereocenters. The molecule has 0 aliphatic carbocycles. The topological polar surface area (TPSA) is 71.8 Å². The van der Waals surface area contributed by atoms with Gasteiger partial charge < -0.3 is 9.40 Å². The van der Waals surface area contributed by atoms with E-state index in [0.717, 1.165) is 16.5 Å². The van der Waals surface area contributed by atoms with Crippen molar-refractivity contribution in [2.75, 3.05) is 0 Å². The SMILES string of the molecule is O=c1cc(CSc2nnc(-c3ccc(F)cc3)o2)c2ccccc2[nH]1. The molecule has 0 saturated carbocycles. The number of aromatic amines is 1. The van der Waals surface area contributed by atoms with E-state index in [0.29, 0.717) is 22.4 Å². The Morgan fingerprint density at radius 1 is 1.08 bits per heavy atom. The molecule has 25 heavy (non-hydrogen) atoms. The zero-order valence-electron chi connectivity index (χ0n) is 12.9. The van der Waals surface area contributed by atoms with Gasteiger partial charge in [-0.05, 0) is 35.9 Å². The maximum atomic E-state index is 13.0. The molecular formula is C18H12FN3O2S. The van der Waals surface area contributed by atoms with Crippen molar-refractivity contribution in [3.8, 4) is 11.5 Å². The van der Waals surface area contributed by atoms with E-state index in [2.05, 4.69) is 15.2 Å². The van der Waals surface area contributed by atoms with Crippen molar-refractivity contribution in [3.63, 3.8) is 0 Å². The van der Waals surface area contributed by atoms with Crippen molar-refractivity contribution in [3.05, 3.63) is 76.3 Å². The second kappa shape index (κ2) is 6.52. The third-order valence-corrected chi connectivity index (χ3v) is 4.55. The van der Waals surface area contributed by atoms with Crippen LogP contribution in [0.5, 0.6) is 0 Å². The van der Waals surface area contributed by atoms with Crippen LogP contribution in [0.2, 0.25) is 0 Å². The predicted molar refractivity (Wildman–Crippen MR) is 93.8 cm³/mol. The molecular weight excluding hydrogens is 341 g/mol. The number of benzene rings is 2. The van der Waals surface area contributed by atoms with Crippen LogP contribution in [0, 0.1) is 5.82 Å². The van der Waals surface area contributed by atoms with Gasteiger partial charge in [-0.2, -0.15) is 0 Å². The summed E-state index contributed by atoms with van der Waals surface area (Å²) in [6.45, 7) is 0. The summed E-state index contributed by atoms with van der Waals surface area (Å²) < 4.78 is 18.6. The van der Waals surface area contributed by atoms with E-state index in [1.807, 2.05) is 24.3 Å². The maximum absolute atomic E-state index is 13.0. The molecule has 5 nitrogen and oxygen atoms in total. The summed E-state index contributed by atoms with van der Waals surface area (Å²) in [5, 5.41) is 9.35. The molecule has 4 aromatic rings. The minimum Gasteiger partial charge on any atom is -0.411 e. The fourth-order valence-corrected chi connectivity index (χ4v) is 3.27. The second-order valence-corrected chi connectivity index (χ2v) is 6.30. The lowest BCUT2D eigenvalue weighted by atomic mass is 10.1. The molecule has 7 heteroatoms. The van der Waals surface area contributed by atoms with Crippen LogP contribution in [0.25, 0.3) is 22.4 Å². The lowest BCUT2D eigenvalue weighted by molar-refractivity contribution is 0.465. The molecule has 0 bridgehead atoms. The van der Waals surface area contributed by atoms with Crippen molar-refractivity contribution in [2.24, 2.45) is 0 Å². The van der Waals surface area contributed by atoms with Gasteiger partial charge in [-0.15, -0.1) is 10.2 Å². The minimum atomic E-state index is -0.320. The second-order valence-electron chi connectivity index (χ2n) is 5.37. The van der Waals surface area contributed by atoms with Crippen molar-refractivity contribution in [1.82, 2.24) is 15.2 Å². The van der Waals surface area contributed by atoms with Crippen LogP contribution >= 0.6 is 11.8 Å². The fourth-order valence-electron chi connectivity index (χ4n) is 2.51. The van der Waals surface area contributed by atoms with E-state index in [1.165, 1.54) is 23.9 Å². The predicted octanol–water partition coefficient (Wildman–Crippen LogP) is 4.01. The Hall–Kier alpha value is -2.93. The molecule has 0 aliphatic rings. The lowest BCUT2D eigenvalue weighted by Gasteiger charge is -2.04. The van der Waals surface area contributed by atoms with E-state index in [4.69, 9.17) is 4.42 Å². The number of nitrogens with one attached hydrogen (secondary N) is 1. The molecule has 0 aliphatic heterocycles. The standard InChI is InChI=1S/C18H12FN3O2S/c19-13-7-5-11(6-8-13)17-21-22-18(24-17)25-10-12-9-16(23)20-15-4-2-1-3-14(12)15/h1-9H,10H2,(H,20,23). The van der Waals surface area contributed by atoms with Crippen LogP contribution in [-0.2, 0) is 5.75 Å². The van der Waals surface area contributed by atoms with Gasteiger partial charge in [0.25, 0.3) is 5.22 Å². The molecule has 124 valence electrons. The maximum Gasteiger partial charge on any atom is 0.277 e. The molecule has 0 radical (unpaired) electrons. The lowest BCUT2D eigenvalue weighted by Crippen LogP contribution is -2.05. The highest BCUT2D eigenvalue weighted by Gasteiger charge is 2.11. The van der Waals surface area contributed by atoms with Crippen LogP contribution in [-0.4, -0.2) is 15.2 Å². The number of rotatable bonds is 4. The number of hydrogen-bond acceptors (Lipinski definition) is 5. The van der Waals surface area contributed by atoms with Crippen LogP contribution in [0.15, 0.2) is 69.0 Å². The highest BCUT2D eigenvalue weighted by molar-refractivity contribution is 7.98. The summed E-state index contributed by atoms with van der Waals surface area (Å²) in [5.74, 6) is 0.535. The van der Waals surface area contributed by atoms with Gasteiger partial charge in [-0.1, -0.05) is 30.0 Å². The summed E-state index contributed by atoms with van der Waals surface area (Å²) in [7, 11) is 0. The van der Waals surface area contributed by atoms with Crippen molar-refractivity contribution in [2.45, 2.75) is 11.0 Å². The third-order valence-electron chi connectivity index (χ3n) is 3.68. The molecule has 0 fully saturated rings. The molecule has 2 aromatic carbocycles. The van der Waals surface area contributed by atoms with Crippen molar-refractivity contribution in [1.29, 1.82) is 0 Å². The molecule has 0 spiro atoms. The van der Waals surface area contributed by atoms with Gasteiger partial charge in [0.1, 0.15) is 5.82 Å². The van der Waals surface area contributed by atoms with E-state index in [9.17, 15) is 9.18 Å². The van der Waals surface area contributed by atoms with Crippen molar-refractivity contribution >= 4 is 22.7 Å². The number of aromatic nitrogens is 3. The first-order valence-electron chi connectivity index (χ1n) is 7.52. The van der Waals surface area contributed by atoms with E-state index < -0.39 is 0 Å². The fraction of sp³-hybridized carbons (Fsp3) is 0.0556. The summed E-state index contributed by atoms with van der Waals surface area (Å²) in [6.07, 6.45) is 0. The monoisotopic (exact) mass is 353 g/mol. The molecule has 0 saturated heterocycles. The Kier molecular flexibility index (Phi) is 4.07. The quantitative estimate of drug-likeness (QED) is 0.561. The number of nitrogens with zero attached hydrogens (tertiary/aromatic N) is 2. The van der Waals surface area contributed by atoms with E-state index in [-0.39, 0.29) is 11.4 Å². The van der Waals surface area contributed by atoms with Gasteiger partial charge in [-0.3, -0.25) is 4.79 Å². The molecule has 2 aromatic heterocycles. The highest BCUT2D eigenvalue weighted by atomic mass is 32.2. The van der Waals surface area contributed by atoms with Gasteiger partial charge >= 0.3 is 0 Å². The normalized spacial score (nSPS) is 11.1. The molecule has 1 N–H and O–H groups in total. The average molecular weight is 353 g/mol. The summed E-state index contributed by atoms with van der Waals surface area (Å²) in [5.41, 5.74) is 2.20. The number of hydrogen-bond donors (Lipinski definition) is 1.